The molecule has 0 fully saturated rings. The topological polar surface area (TPSA) is 119 Å². The molecule has 0 amide bonds. The first kappa shape index (κ1) is 13.0. The van der Waals surface area contributed by atoms with Crippen molar-refractivity contribution in [2.75, 3.05) is 17.2 Å². The van der Waals surface area contributed by atoms with E-state index >= 15 is 0 Å². The summed E-state index contributed by atoms with van der Waals surface area (Å²) >= 11 is 0. The first-order valence-corrected chi connectivity index (χ1v) is 6.32. The minimum absolute atomic E-state index is 0.357. The molecule has 0 spiro atoms. The zero-order valence-corrected chi connectivity index (χ0v) is 11.3. The van der Waals surface area contributed by atoms with Crippen LogP contribution in [0.2, 0.25) is 0 Å². The Labute approximate surface area is 119 Å². The van der Waals surface area contributed by atoms with Crippen LogP contribution in [0.5, 0.6) is 0 Å². The van der Waals surface area contributed by atoms with E-state index in [0.29, 0.717) is 36.8 Å². The van der Waals surface area contributed by atoms with E-state index in [0.717, 1.165) is 0 Å². The number of nitrogens with one attached hydrogen (secondary N) is 2. The molecule has 0 aromatic carbocycles. The van der Waals surface area contributed by atoms with E-state index in [9.17, 15) is 0 Å². The summed E-state index contributed by atoms with van der Waals surface area (Å²) in [6.07, 6.45) is 6.30. The summed E-state index contributed by atoms with van der Waals surface area (Å²) in [6.45, 7) is 3.03. The molecule has 10 heteroatoms. The van der Waals surface area contributed by atoms with Crippen LogP contribution in [-0.2, 0) is 6.54 Å². The van der Waals surface area contributed by atoms with Crippen molar-refractivity contribution >= 4 is 11.9 Å². The van der Waals surface area contributed by atoms with Crippen molar-refractivity contribution in [3.05, 3.63) is 30.9 Å². The second kappa shape index (κ2) is 5.94. The van der Waals surface area contributed by atoms with Gasteiger partial charge in [-0.15, -0.1) is 0 Å². The molecule has 108 valence electrons. The highest BCUT2D eigenvalue weighted by Crippen LogP contribution is 2.09. The maximum Gasteiger partial charge on any atom is 0.241 e. The second-order valence-electron chi connectivity index (χ2n) is 3.98. The van der Waals surface area contributed by atoms with Crippen LogP contribution in [0, 0.1) is 0 Å². The van der Waals surface area contributed by atoms with Gasteiger partial charge in [0, 0.05) is 18.9 Å². The van der Waals surface area contributed by atoms with Crippen molar-refractivity contribution in [3.63, 3.8) is 0 Å². The monoisotopic (exact) mass is 287 g/mol. The highest BCUT2D eigenvalue weighted by Gasteiger charge is 2.08. The van der Waals surface area contributed by atoms with Crippen LogP contribution in [0.25, 0.3) is 5.95 Å². The molecule has 2 N–H and O–H groups in total. The molecule has 0 saturated heterocycles. The van der Waals surface area contributed by atoms with Gasteiger partial charge in [-0.1, -0.05) is 5.16 Å². The highest BCUT2D eigenvalue weighted by atomic mass is 16.5. The van der Waals surface area contributed by atoms with E-state index < -0.39 is 0 Å². The summed E-state index contributed by atoms with van der Waals surface area (Å²) < 4.78 is 6.37. The van der Waals surface area contributed by atoms with Gasteiger partial charge in [0.25, 0.3) is 0 Å². The lowest BCUT2D eigenvalue weighted by molar-refractivity contribution is 0.411. The molecular formula is C11H13N9O. The Bertz CT molecular complexity index is 680. The normalized spacial score (nSPS) is 10.5. The van der Waals surface area contributed by atoms with E-state index in [2.05, 4.69) is 45.2 Å². The van der Waals surface area contributed by atoms with Gasteiger partial charge in [0.2, 0.25) is 24.2 Å². The van der Waals surface area contributed by atoms with Gasteiger partial charge in [0.05, 0.1) is 6.54 Å². The van der Waals surface area contributed by atoms with Crippen molar-refractivity contribution in [2.45, 2.75) is 13.5 Å². The average Bonchev–Trinajstić information content (AvgIpc) is 3.19. The van der Waals surface area contributed by atoms with E-state index in [-0.39, 0.29) is 0 Å². The fourth-order valence-corrected chi connectivity index (χ4v) is 1.60. The molecule has 0 aliphatic rings. The molecule has 21 heavy (non-hydrogen) atoms. The maximum absolute atomic E-state index is 4.67. The number of nitrogens with zero attached hydrogens (tertiary/aromatic N) is 7. The van der Waals surface area contributed by atoms with Crippen LogP contribution in [0.15, 0.2) is 29.6 Å². The number of hydrogen-bond acceptors (Lipinski definition) is 9. The van der Waals surface area contributed by atoms with Crippen molar-refractivity contribution in [3.8, 4) is 5.95 Å². The van der Waals surface area contributed by atoms with Crippen LogP contribution in [0.4, 0.5) is 11.9 Å². The molecule has 10 nitrogen and oxygen atoms in total. The number of hydrogen-bond donors (Lipinski definition) is 2. The standard InChI is InChI=1S/C11H13N9O/c1-2-13-9-16-10(14-5-8-15-7-21-19-8)18-11(17-9)20-4-3-12-6-20/h3-4,6-7H,2,5H2,1H3,(H2,13,14,16,17,18). The van der Waals surface area contributed by atoms with Gasteiger partial charge >= 0.3 is 0 Å². The third-order valence-electron chi connectivity index (χ3n) is 2.51. The van der Waals surface area contributed by atoms with Crippen molar-refractivity contribution in [2.24, 2.45) is 0 Å². The molecule has 0 aliphatic heterocycles. The molecule has 0 bridgehead atoms. The van der Waals surface area contributed by atoms with Crippen molar-refractivity contribution in [1.82, 2.24) is 34.6 Å². The summed E-state index contributed by atoms with van der Waals surface area (Å²) in [5, 5.41) is 9.80. The number of imidazole rings is 1. The van der Waals surface area contributed by atoms with Crippen LogP contribution in [0.1, 0.15) is 12.7 Å². The minimum Gasteiger partial charge on any atom is -0.354 e. The summed E-state index contributed by atoms with van der Waals surface area (Å²) in [6, 6.07) is 0. The van der Waals surface area contributed by atoms with Gasteiger partial charge in [-0.05, 0) is 6.92 Å². The first-order valence-electron chi connectivity index (χ1n) is 6.32. The maximum atomic E-state index is 4.67. The summed E-state index contributed by atoms with van der Waals surface area (Å²) in [7, 11) is 0. The van der Waals surface area contributed by atoms with E-state index in [1.165, 1.54) is 6.39 Å². The molecular weight excluding hydrogens is 274 g/mol. The largest absolute Gasteiger partial charge is 0.354 e. The highest BCUT2D eigenvalue weighted by molar-refractivity contribution is 5.37. The first-order chi connectivity index (χ1) is 10.3. The Morgan fingerprint density at radius 2 is 2.05 bits per heavy atom. The molecule has 0 saturated carbocycles. The Kier molecular flexibility index (Phi) is 3.67. The molecule has 0 aliphatic carbocycles. The molecule has 3 rings (SSSR count). The van der Waals surface area contributed by atoms with Crippen LogP contribution in [0.3, 0.4) is 0 Å². The van der Waals surface area contributed by atoms with E-state index in [1.807, 2.05) is 6.92 Å². The zero-order valence-electron chi connectivity index (χ0n) is 11.3. The van der Waals surface area contributed by atoms with Crippen molar-refractivity contribution in [1.29, 1.82) is 0 Å². The molecule has 3 aromatic rings. The van der Waals surface area contributed by atoms with E-state index in [1.54, 1.807) is 23.3 Å². The van der Waals surface area contributed by atoms with E-state index in [4.69, 9.17) is 0 Å². The summed E-state index contributed by atoms with van der Waals surface area (Å²) in [5.74, 6) is 1.87. The second-order valence-corrected chi connectivity index (χ2v) is 3.98. The quantitative estimate of drug-likeness (QED) is 0.667. The van der Waals surface area contributed by atoms with Crippen molar-refractivity contribution < 1.29 is 4.52 Å². The average molecular weight is 287 g/mol. The Morgan fingerprint density at radius 3 is 2.71 bits per heavy atom. The number of anilines is 2. The zero-order chi connectivity index (χ0) is 14.5. The molecule has 3 aromatic heterocycles. The Morgan fingerprint density at radius 1 is 1.19 bits per heavy atom. The molecule has 0 unspecified atom stereocenters. The lowest BCUT2D eigenvalue weighted by Crippen LogP contribution is -2.12. The molecule has 0 radical (unpaired) electrons. The predicted molar refractivity (Wildman–Crippen MR) is 72.7 cm³/mol. The Hall–Kier alpha value is -3.04. The van der Waals surface area contributed by atoms with Gasteiger partial charge in [-0.25, -0.2) is 4.98 Å². The van der Waals surface area contributed by atoms with Gasteiger partial charge in [-0.3, -0.25) is 4.57 Å². The van der Waals surface area contributed by atoms with Gasteiger partial charge in [0.1, 0.15) is 6.33 Å². The predicted octanol–water partition coefficient (Wildman–Crippen LogP) is 0.484. The molecule has 3 heterocycles. The van der Waals surface area contributed by atoms with Gasteiger partial charge < -0.3 is 15.2 Å². The number of rotatable bonds is 6. The van der Waals surface area contributed by atoms with Crippen LogP contribution in [-0.4, -0.2) is 41.2 Å². The van der Waals surface area contributed by atoms with Gasteiger partial charge in [-0.2, -0.15) is 19.9 Å². The lowest BCUT2D eigenvalue weighted by atomic mass is 10.6. The van der Waals surface area contributed by atoms with Gasteiger partial charge in [0.15, 0.2) is 5.82 Å². The number of aromatic nitrogens is 7. The third-order valence-corrected chi connectivity index (χ3v) is 2.51. The van der Waals surface area contributed by atoms with Crippen LogP contribution >= 0.6 is 0 Å². The summed E-state index contributed by atoms with van der Waals surface area (Å²) in [5.41, 5.74) is 0. The smallest absolute Gasteiger partial charge is 0.241 e. The fourth-order valence-electron chi connectivity index (χ4n) is 1.60. The lowest BCUT2D eigenvalue weighted by Gasteiger charge is -2.08. The minimum atomic E-state index is 0.357. The fraction of sp³-hybridized carbons (Fsp3) is 0.273. The molecule has 0 atom stereocenters. The van der Waals surface area contributed by atoms with Crippen LogP contribution < -0.4 is 10.6 Å². The Balaban J connectivity index is 1.84. The third kappa shape index (κ3) is 3.11. The SMILES string of the molecule is CCNc1nc(NCc2ncon2)nc(-n2ccnc2)n1. The summed E-state index contributed by atoms with van der Waals surface area (Å²) in [4.78, 5) is 20.8.